The van der Waals surface area contributed by atoms with E-state index in [1.807, 2.05) is 19.1 Å². The van der Waals surface area contributed by atoms with Crippen LogP contribution in [0.1, 0.15) is 5.69 Å². The number of para-hydroxylation sites is 1. The third kappa shape index (κ3) is 4.18. The smallest absolute Gasteiger partial charge is 0.263 e. The van der Waals surface area contributed by atoms with Gasteiger partial charge in [-0.05, 0) is 31.2 Å². The topological polar surface area (TPSA) is 78.3 Å². The summed E-state index contributed by atoms with van der Waals surface area (Å²) in [5, 5.41) is 8.47. The van der Waals surface area contributed by atoms with E-state index in [-0.39, 0.29) is 12.5 Å². The number of methoxy groups -OCH3 is 1. The lowest BCUT2D eigenvalue weighted by atomic mass is 10.3. The van der Waals surface area contributed by atoms with Gasteiger partial charge in [-0.2, -0.15) is 9.78 Å². The van der Waals surface area contributed by atoms with E-state index in [2.05, 4.69) is 15.4 Å². The second kappa shape index (κ2) is 8.10. The summed E-state index contributed by atoms with van der Waals surface area (Å²) >= 11 is 7.67. The van der Waals surface area contributed by atoms with Crippen molar-refractivity contribution in [3.63, 3.8) is 0 Å². The number of ether oxygens (including phenoxy) is 2. The summed E-state index contributed by atoms with van der Waals surface area (Å²) in [5.74, 6) is 1.40. The first-order chi connectivity index (χ1) is 14.0. The second-order valence-corrected chi connectivity index (χ2v) is 7.60. The fourth-order valence-corrected chi connectivity index (χ4v) is 3.98. The van der Waals surface area contributed by atoms with Gasteiger partial charge in [-0.15, -0.1) is 0 Å². The quantitative estimate of drug-likeness (QED) is 0.490. The van der Waals surface area contributed by atoms with Crippen LogP contribution >= 0.6 is 22.9 Å². The Kier molecular flexibility index (Phi) is 5.37. The number of hydrogen-bond acceptors (Lipinski definition) is 6. The summed E-state index contributed by atoms with van der Waals surface area (Å²) in [7, 11) is 1.57. The van der Waals surface area contributed by atoms with Crippen molar-refractivity contribution in [2.75, 3.05) is 19.0 Å². The van der Waals surface area contributed by atoms with E-state index in [0.29, 0.717) is 33.0 Å². The van der Waals surface area contributed by atoms with Crippen molar-refractivity contribution in [3.8, 4) is 16.6 Å². The van der Waals surface area contributed by atoms with Crippen LogP contribution in [0.5, 0.6) is 11.5 Å². The van der Waals surface area contributed by atoms with Crippen LogP contribution in [0, 0.1) is 6.92 Å². The number of carbonyl (C=O) groups excluding carboxylic acids is 1. The van der Waals surface area contributed by atoms with Gasteiger partial charge in [0, 0.05) is 12.1 Å². The minimum atomic E-state index is -0.312. The molecule has 0 bridgehead atoms. The molecule has 148 valence electrons. The summed E-state index contributed by atoms with van der Waals surface area (Å²) in [5.41, 5.74) is 1.46. The predicted octanol–water partition coefficient (Wildman–Crippen LogP) is 4.47. The number of thiazole rings is 1. The van der Waals surface area contributed by atoms with Crippen molar-refractivity contribution in [1.82, 2.24) is 14.8 Å². The van der Waals surface area contributed by atoms with Crippen molar-refractivity contribution < 1.29 is 14.3 Å². The number of amides is 1. The highest BCUT2D eigenvalue weighted by molar-refractivity contribution is 7.20. The van der Waals surface area contributed by atoms with Crippen molar-refractivity contribution in [2.45, 2.75) is 6.92 Å². The zero-order valence-electron chi connectivity index (χ0n) is 15.7. The Labute approximate surface area is 175 Å². The summed E-state index contributed by atoms with van der Waals surface area (Å²) in [6, 6.07) is 14.5. The maximum atomic E-state index is 12.4. The number of benzene rings is 2. The number of aryl methyl sites for hydroxylation is 1. The summed E-state index contributed by atoms with van der Waals surface area (Å²) in [6.45, 7) is 1.70. The van der Waals surface area contributed by atoms with E-state index in [4.69, 9.17) is 21.1 Å². The molecular weight excluding hydrogens is 412 g/mol. The van der Waals surface area contributed by atoms with E-state index in [0.717, 1.165) is 10.4 Å². The third-order valence-corrected chi connectivity index (χ3v) is 5.35. The second-order valence-electron chi connectivity index (χ2n) is 6.18. The highest BCUT2D eigenvalue weighted by Crippen LogP contribution is 2.31. The first kappa shape index (κ1) is 19.2. The van der Waals surface area contributed by atoms with Gasteiger partial charge >= 0.3 is 0 Å². The van der Waals surface area contributed by atoms with Gasteiger partial charge < -0.3 is 14.8 Å². The summed E-state index contributed by atoms with van der Waals surface area (Å²) in [4.78, 5) is 17.0. The molecule has 0 spiro atoms. The first-order valence-corrected chi connectivity index (χ1v) is 9.92. The van der Waals surface area contributed by atoms with Crippen molar-refractivity contribution in [1.29, 1.82) is 0 Å². The molecule has 0 saturated heterocycles. The first-order valence-electron chi connectivity index (χ1n) is 8.72. The molecule has 4 aromatic rings. The monoisotopic (exact) mass is 428 g/mol. The molecule has 0 atom stereocenters. The van der Waals surface area contributed by atoms with Crippen LogP contribution in [0.4, 0.5) is 5.82 Å². The number of rotatable bonds is 6. The molecule has 0 aliphatic rings. The van der Waals surface area contributed by atoms with Crippen LogP contribution in [-0.2, 0) is 4.79 Å². The molecule has 4 rings (SSSR count). The molecule has 2 heterocycles. The molecule has 0 aliphatic carbocycles. The van der Waals surface area contributed by atoms with Gasteiger partial charge in [0.25, 0.3) is 5.91 Å². The van der Waals surface area contributed by atoms with Crippen LogP contribution in [0.25, 0.3) is 15.3 Å². The van der Waals surface area contributed by atoms with E-state index in [9.17, 15) is 4.79 Å². The Bertz CT molecular complexity index is 1190. The van der Waals surface area contributed by atoms with Crippen molar-refractivity contribution in [2.24, 2.45) is 0 Å². The van der Waals surface area contributed by atoms with Gasteiger partial charge in [-0.25, -0.2) is 4.98 Å². The molecule has 29 heavy (non-hydrogen) atoms. The third-order valence-electron chi connectivity index (χ3n) is 4.05. The zero-order valence-corrected chi connectivity index (χ0v) is 17.3. The maximum Gasteiger partial charge on any atom is 0.263 e. The SMILES string of the molecule is COc1cccc(OCC(=O)Nc2cc(C)nn2-c2nc3c(Cl)cccc3s2)c1. The Balaban J connectivity index is 1.51. The minimum Gasteiger partial charge on any atom is -0.497 e. The summed E-state index contributed by atoms with van der Waals surface area (Å²) in [6.07, 6.45) is 0. The van der Waals surface area contributed by atoms with Crippen LogP contribution < -0.4 is 14.8 Å². The average Bonchev–Trinajstić information content (AvgIpc) is 3.30. The summed E-state index contributed by atoms with van der Waals surface area (Å²) < 4.78 is 13.2. The Hall–Kier alpha value is -3.10. The number of hydrogen-bond donors (Lipinski definition) is 1. The molecule has 1 amide bonds. The lowest BCUT2D eigenvalue weighted by Crippen LogP contribution is -2.21. The van der Waals surface area contributed by atoms with Crippen LogP contribution in [0.3, 0.4) is 0 Å². The van der Waals surface area contributed by atoms with Gasteiger partial charge in [0.05, 0.1) is 22.5 Å². The lowest BCUT2D eigenvalue weighted by molar-refractivity contribution is -0.118. The molecule has 9 heteroatoms. The van der Waals surface area contributed by atoms with Gasteiger partial charge in [-0.1, -0.05) is 35.1 Å². The van der Waals surface area contributed by atoms with Crippen molar-refractivity contribution in [3.05, 3.63) is 59.2 Å². The van der Waals surface area contributed by atoms with Gasteiger partial charge in [-0.3, -0.25) is 4.79 Å². The van der Waals surface area contributed by atoms with Crippen LogP contribution in [-0.4, -0.2) is 34.4 Å². The molecule has 2 aromatic carbocycles. The molecular formula is C20H17ClN4O3S. The average molecular weight is 429 g/mol. The molecule has 0 unspecified atom stereocenters. The predicted molar refractivity (Wildman–Crippen MR) is 114 cm³/mol. The fraction of sp³-hybridized carbons (Fsp3) is 0.150. The van der Waals surface area contributed by atoms with E-state index >= 15 is 0 Å². The Morgan fingerprint density at radius 2 is 2.00 bits per heavy atom. The molecule has 0 aliphatic heterocycles. The number of anilines is 1. The number of aromatic nitrogens is 3. The van der Waals surface area contributed by atoms with Crippen LogP contribution in [0.15, 0.2) is 48.5 Å². The van der Waals surface area contributed by atoms with Gasteiger partial charge in [0.15, 0.2) is 6.61 Å². The number of nitrogens with one attached hydrogen (secondary N) is 1. The minimum absolute atomic E-state index is 0.150. The number of carbonyl (C=O) groups is 1. The Morgan fingerprint density at radius 3 is 2.79 bits per heavy atom. The highest BCUT2D eigenvalue weighted by atomic mass is 35.5. The lowest BCUT2D eigenvalue weighted by Gasteiger charge is -2.09. The normalized spacial score (nSPS) is 10.9. The number of nitrogens with zero attached hydrogens (tertiary/aromatic N) is 3. The van der Waals surface area contributed by atoms with E-state index in [1.165, 1.54) is 11.3 Å². The molecule has 0 saturated carbocycles. The van der Waals surface area contributed by atoms with Gasteiger partial charge in [0.2, 0.25) is 5.13 Å². The van der Waals surface area contributed by atoms with E-state index in [1.54, 1.807) is 48.2 Å². The highest BCUT2D eigenvalue weighted by Gasteiger charge is 2.16. The molecule has 0 radical (unpaired) electrons. The van der Waals surface area contributed by atoms with Crippen LogP contribution in [0.2, 0.25) is 5.02 Å². The Morgan fingerprint density at radius 1 is 1.21 bits per heavy atom. The fourth-order valence-electron chi connectivity index (χ4n) is 2.75. The molecule has 1 N–H and O–H groups in total. The largest absolute Gasteiger partial charge is 0.497 e. The number of fused-ring (bicyclic) bond motifs is 1. The van der Waals surface area contributed by atoms with Crippen molar-refractivity contribution >= 4 is 44.9 Å². The standard InChI is InChI=1S/C20H17ClN4O3S/c1-12-9-17(22-18(26)11-28-14-6-3-5-13(10-14)27-2)25(24-12)20-23-19-15(21)7-4-8-16(19)29-20/h3-10H,11H2,1-2H3,(H,22,26). The molecule has 0 fully saturated rings. The van der Waals surface area contributed by atoms with Gasteiger partial charge in [0.1, 0.15) is 22.8 Å². The maximum absolute atomic E-state index is 12.4. The zero-order chi connectivity index (χ0) is 20.4. The molecule has 2 aromatic heterocycles. The van der Waals surface area contributed by atoms with E-state index < -0.39 is 0 Å². The number of halogens is 1. The molecule has 7 nitrogen and oxygen atoms in total.